The van der Waals surface area contributed by atoms with E-state index in [4.69, 9.17) is 19.4 Å². The van der Waals surface area contributed by atoms with E-state index < -0.39 is 0 Å². The maximum Gasteiger partial charge on any atom is 0.246 e. The molecule has 56 heavy (non-hydrogen) atoms. The number of carbonyl (C=O) groups excluding carboxylic acids is 2. The summed E-state index contributed by atoms with van der Waals surface area (Å²) in [6.45, 7) is 13.0. The molecule has 0 spiro atoms. The van der Waals surface area contributed by atoms with Gasteiger partial charge in [-0.05, 0) is 51.0 Å². The van der Waals surface area contributed by atoms with Gasteiger partial charge < -0.3 is 19.3 Å². The summed E-state index contributed by atoms with van der Waals surface area (Å²) in [5.74, 6) is 1.72. The van der Waals surface area contributed by atoms with E-state index in [1.165, 1.54) is 12.2 Å². The van der Waals surface area contributed by atoms with Gasteiger partial charge in [0.1, 0.15) is 22.2 Å². The third kappa shape index (κ3) is 5.81. The number of ether oxygens (including phenoxy) is 2. The molecule has 0 N–H and O–H groups in total. The van der Waals surface area contributed by atoms with Crippen molar-refractivity contribution in [1.29, 1.82) is 0 Å². The van der Waals surface area contributed by atoms with Crippen LogP contribution >= 0.6 is 0 Å². The highest BCUT2D eigenvalue weighted by Gasteiger charge is 2.60. The molecule has 0 radical (unpaired) electrons. The number of nitrogens with zero attached hydrogens (tertiary/aromatic N) is 12. The number of aryl methyl sites for hydroxylation is 2. The lowest BCUT2D eigenvalue weighted by molar-refractivity contribution is -0.137. The molecular formula is C40H44N12O4. The Kier molecular flexibility index (Phi) is 8.32. The number of amides is 2. The number of aromatic nitrogens is 10. The molecule has 16 nitrogen and oxygen atoms in total. The molecule has 16 heteroatoms. The van der Waals surface area contributed by atoms with Gasteiger partial charge in [0.05, 0.1) is 48.6 Å². The van der Waals surface area contributed by atoms with Crippen LogP contribution in [-0.2, 0) is 23.7 Å². The summed E-state index contributed by atoms with van der Waals surface area (Å²) in [7, 11) is 3.75. The van der Waals surface area contributed by atoms with Crippen LogP contribution in [0.5, 0.6) is 11.8 Å². The minimum Gasteiger partial charge on any atom is -0.469 e. The predicted molar refractivity (Wildman–Crippen MR) is 205 cm³/mol. The number of hydrogen-bond acceptors (Lipinski definition) is 10. The minimum atomic E-state index is -0.355. The van der Waals surface area contributed by atoms with Gasteiger partial charge in [-0.3, -0.25) is 19.0 Å². The predicted octanol–water partition coefficient (Wildman–Crippen LogP) is 4.15. The second-order valence-corrected chi connectivity index (χ2v) is 15.6. The van der Waals surface area contributed by atoms with E-state index >= 15 is 0 Å². The summed E-state index contributed by atoms with van der Waals surface area (Å²) in [6, 6.07) is 4.24. The number of rotatable bonds is 8. The van der Waals surface area contributed by atoms with Crippen molar-refractivity contribution in [2.24, 2.45) is 25.9 Å². The van der Waals surface area contributed by atoms with Crippen molar-refractivity contribution < 1.29 is 19.1 Å². The fourth-order valence-electron chi connectivity index (χ4n) is 9.24. The molecule has 2 saturated carbocycles. The van der Waals surface area contributed by atoms with E-state index in [9.17, 15) is 9.59 Å². The molecule has 4 aliphatic rings. The second-order valence-electron chi connectivity index (χ2n) is 15.6. The van der Waals surface area contributed by atoms with Gasteiger partial charge in [-0.25, -0.2) is 19.0 Å². The molecule has 6 aromatic rings. The summed E-state index contributed by atoms with van der Waals surface area (Å²) in [4.78, 5) is 37.5. The Bertz CT molecular complexity index is 2340. The zero-order valence-electron chi connectivity index (χ0n) is 31.9. The van der Waals surface area contributed by atoms with Gasteiger partial charge in [0, 0.05) is 87.5 Å². The maximum absolute atomic E-state index is 12.1. The van der Waals surface area contributed by atoms with Crippen LogP contribution in [0.15, 0.2) is 87.0 Å². The normalized spacial score (nSPS) is 26.1. The number of likely N-dealkylation sites (tertiary alicyclic amines) is 2. The molecule has 4 fully saturated rings. The Morgan fingerprint density at radius 1 is 0.696 bits per heavy atom. The highest BCUT2D eigenvalue weighted by molar-refractivity contribution is 5.88. The average molecular weight is 757 g/mol. The van der Waals surface area contributed by atoms with E-state index in [1.807, 2.05) is 60.8 Å². The van der Waals surface area contributed by atoms with Crippen LogP contribution in [0.2, 0.25) is 0 Å². The Morgan fingerprint density at radius 2 is 1.12 bits per heavy atom. The van der Waals surface area contributed by atoms with Crippen molar-refractivity contribution in [3.8, 4) is 34.3 Å². The summed E-state index contributed by atoms with van der Waals surface area (Å²) >= 11 is 0. The molecule has 0 aromatic carbocycles. The quantitative estimate of drug-likeness (QED) is 0.207. The highest BCUT2D eigenvalue weighted by Crippen LogP contribution is 2.52. The highest BCUT2D eigenvalue weighted by atomic mass is 16.5. The lowest BCUT2D eigenvalue weighted by atomic mass is 9.66. The van der Waals surface area contributed by atoms with Crippen molar-refractivity contribution in [1.82, 2.24) is 58.6 Å². The largest absolute Gasteiger partial charge is 0.469 e. The Morgan fingerprint density at radius 3 is 1.50 bits per heavy atom. The molecule has 8 heterocycles. The minimum absolute atomic E-state index is 0.00410. The van der Waals surface area contributed by atoms with Crippen LogP contribution in [0.1, 0.15) is 39.5 Å². The maximum atomic E-state index is 12.1. The van der Waals surface area contributed by atoms with Gasteiger partial charge in [-0.15, -0.1) is 0 Å². The average Bonchev–Trinajstić information content (AvgIpc) is 4.03. The van der Waals surface area contributed by atoms with Gasteiger partial charge in [-0.2, -0.15) is 20.4 Å². The molecule has 10 rings (SSSR count). The third-order valence-electron chi connectivity index (χ3n) is 12.2. The molecular weight excluding hydrogens is 713 g/mol. The number of hydrogen-bond donors (Lipinski definition) is 0. The zero-order valence-corrected chi connectivity index (χ0v) is 31.9. The van der Waals surface area contributed by atoms with Crippen LogP contribution in [0.4, 0.5) is 0 Å². The summed E-state index contributed by atoms with van der Waals surface area (Å²) < 4.78 is 20.0. The molecule has 2 aliphatic carbocycles. The first-order chi connectivity index (χ1) is 27.0. The van der Waals surface area contributed by atoms with Crippen molar-refractivity contribution in [3.05, 3.63) is 87.0 Å². The Hall–Kier alpha value is -6.32. The fraction of sp³-hybridized carbons (Fsp3) is 0.400. The van der Waals surface area contributed by atoms with Crippen LogP contribution in [-0.4, -0.2) is 107 Å². The monoisotopic (exact) mass is 756 g/mol. The Balaban J connectivity index is 0.000000146. The summed E-state index contributed by atoms with van der Waals surface area (Å²) in [6.07, 6.45) is 20.8. The van der Waals surface area contributed by atoms with E-state index in [2.05, 4.69) is 47.4 Å². The van der Waals surface area contributed by atoms with Gasteiger partial charge >= 0.3 is 0 Å². The van der Waals surface area contributed by atoms with E-state index in [0.29, 0.717) is 23.6 Å². The first kappa shape index (κ1) is 35.4. The molecule has 0 unspecified atom stereocenters. The lowest BCUT2D eigenvalue weighted by Crippen LogP contribution is -2.61. The summed E-state index contributed by atoms with van der Waals surface area (Å²) in [5, 5.41) is 17.2. The molecule has 2 aliphatic heterocycles. The summed E-state index contributed by atoms with van der Waals surface area (Å²) in [5.41, 5.74) is 4.28. The first-order valence-electron chi connectivity index (χ1n) is 18.9. The van der Waals surface area contributed by atoms with Crippen LogP contribution in [0.3, 0.4) is 0 Å². The van der Waals surface area contributed by atoms with Gasteiger partial charge in [0.2, 0.25) is 23.6 Å². The fourth-order valence-corrected chi connectivity index (χ4v) is 9.24. The van der Waals surface area contributed by atoms with Crippen molar-refractivity contribution in [2.45, 2.75) is 62.8 Å². The van der Waals surface area contributed by atoms with Crippen LogP contribution in [0.25, 0.3) is 33.5 Å². The lowest BCUT2D eigenvalue weighted by Gasteiger charge is -2.51. The van der Waals surface area contributed by atoms with Gasteiger partial charge in [-0.1, -0.05) is 13.2 Å². The third-order valence-corrected chi connectivity index (χ3v) is 12.2. The molecule has 288 valence electrons. The molecule has 0 bridgehead atoms. The van der Waals surface area contributed by atoms with E-state index in [-0.39, 0.29) is 35.1 Å². The SMILES string of the molecule is C=CC(=O)N1CC[C@@H]2[C@H]1C[C@]2(C)Oc1nc(-c2cnn(C)c2)cn2nccc12.C=CC(=O)N1CC[C@H]2[C@@H]1C[C@@]2(C)Oc1nc(-c2cnn(C)c2)cn2nccc12. The second kappa shape index (κ2) is 13.2. The van der Waals surface area contributed by atoms with Crippen molar-refractivity contribution in [3.63, 3.8) is 0 Å². The van der Waals surface area contributed by atoms with Crippen LogP contribution < -0.4 is 9.47 Å². The smallest absolute Gasteiger partial charge is 0.246 e. The molecule has 2 amide bonds. The van der Waals surface area contributed by atoms with E-state index in [0.717, 1.165) is 72.3 Å². The standard InChI is InChI=1S/2C20H22N6O2/c2*1-4-18(27)25-8-6-14-17(25)9-20(14,2)28-19-16-5-7-21-26(16)12-15(23-19)13-10-22-24(3)11-13/h2*4-5,7,10-12,14,17H,1,6,8-9H2,2-3H3/t2*14-,17-,20+/m10/s1. The van der Waals surface area contributed by atoms with Crippen molar-refractivity contribution >= 4 is 22.8 Å². The number of carbonyl (C=O) groups is 2. The van der Waals surface area contributed by atoms with Gasteiger partial charge in [0.15, 0.2) is 0 Å². The van der Waals surface area contributed by atoms with Gasteiger partial charge in [0.25, 0.3) is 0 Å². The topological polar surface area (TPSA) is 155 Å². The first-order valence-corrected chi connectivity index (χ1v) is 18.9. The Labute approximate surface area is 323 Å². The van der Waals surface area contributed by atoms with Crippen molar-refractivity contribution in [2.75, 3.05) is 13.1 Å². The van der Waals surface area contributed by atoms with E-state index in [1.54, 1.807) is 43.2 Å². The molecule has 2 saturated heterocycles. The number of fused-ring (bicyclic) bond motifs is 4. The molecule has 6 aromatic heterocycles. The van der Waals surface area contributed by atoms with Crippen LogP contribution in [0, 0.1) is 11.8 Å². The molecule has 6 atom stereocenters. The zero-order chi connectivity index (χ0) is 38.9.